The second kappa shape index (κ2) is 4.79. The second-order valence-corrected chi connectivity index (χ2v) is 4.72. The van der Waals surface area contributed by atoms with Gasteiger partial charge >= 0.3 is 0 Å². The summed E-state index contributed by atoms with van der Waals surface area (Å²) in [7, 11) is 0. The van der Waals surface area contributed by atoms with Crippen LogP contribution in [0.5, 0.6) is 0 Å². The first-order valence-corrected chi connectivity index (χ1v) is 6.00. The summed E-state index contributed by atoms with van der Waals surface area (Å²) in [6, 6.07) is 8.08. The van der Waals surface area contributed by atoms with Crippen molar-refractivity contribution in [3.8, 4) is 0 Å². The molecule has 0 amide bonds. The average molecular weight is 217 g/mol. The van der Waals surface area contributed by atoms with Gasteiger partial charge in [0.25, 0.3) is 0 Å². The number of benzene rings is 1. The molecule has 2 heteroatoms. The van der Waals surface area contributed by atoms with Crippen LogP contribution in [0, 0.1) is 5.92 Å². The SMILES string of the molecule is CC(=O)c1ccc(C(C)C2CCNC2)cc1. The molecule has 0 aromatic heterocycles. The van der Waals surface area contributed by atoms with Crippen molar-refractivity contribution >= 4 is 5.78 Å². The van der Waals surface area contributed by atoms with Gasteiger partial charge in [-0.15, -0.1) is 0 Å². The average Bonchev–Trinajstić information content (AvgIpc) is 2.81. The molecule has 0 spiro atoms. The lowest BCUT2D eigenvalue weighted by molar-refractivity contribution is 0.101. The Balaban J connectivity index is 2.11. The van der Waals surface area contributed by atoms with Crippen molar-refractivity contribution < 1.29 is 4.79 Å². The van der Waals surface area contributed by atoms with Crippen molar-refractivity contribution in [1.29, 1.82) is 0 Å². The lowest BCUT2D eigenvalue weighted by Crippen LogP contribution is -2.14. The minimum atomic E-state index is 0.140. The Morgan fingerprint density at radius 1 is 1.38 bits per heavy atom. The third-order valence-electron chi connectivity index (χ3n) is 3.65. The number of nitrogens with one attached hydrogen (secondary N) is 1. The standard InChI is InChI=1S/C14H19NO/c1-10(14-7-8-15-9-14)12-3-5-13(6-4-12)11(2)16/h3-6,10,14-15H,7-9H2,1-2H3. The molecule has 0 bridgehead atoms. The van der Waals surface area contributed by atoms with Crippen molar-refractivity contribution in [1.82, 2.24) is 5.32 Å². The highest BCUT2D eigenvalue weighted by molar-refractivity contribution is 5.94. The molecule has 16 heavy (non-hydrogen) atoms. The van der Waals surface area contributed by atoms with E-state index in [9.17, 15) is 4.79 Å². The molecule has 1 aliphatic heterocycles. The molecule has 86 valence electrons. The molecule has 1 N–H and O–H groups in total. The van der Waals surface area contributed by atoms with Crippen LogP contribution >= 0.6 is 0 Å². The summed E-state index contributed by atoms with van der Waals surface area (Å²) >= 11 is 0. The van der Waals surface area contributed by atoms with E-state index in [-0.39, 0.29) is 5.78 Å². The molecule has 1 aromatic carbocycles. The van der Waals surface area contributed by atoms with Gasteiger partial charge in [-0.25, -0.2) is 0 Å². The van der Waals surface area contributed by atoms with E-state index in [1.54, 1.807) is 6.92 Å². The van der Waals surface area contributed by atoms with E-state index >= 15 is 0 Å². The number of carbonyl (C=O) groups excluding carboxylic acids is 1. The number of ketones is 1. The summed E-state index contributed by atoms with van der Waals surface area (Å²) in [5.74, 6) is 1.46. The summed E-state index contributed by atoms with van der Waals surface area (Å²) in [5, 5.41) is 3.40. The van der Waals surface area contributed by atoms with E-state index in [4.69, 9.17) is 0 Å². The predicted molar refractivity (Wildman–Crippen MR) is 65.8 cm³/mol. The normalized spacial score (nSPS) is 22.0. The minimum Gasteiger partial charge on any atom is -0.316 e. The lowest BCUT2D eigenvalue weighted by atomic mass is 9.86. The molecule has 0 saturated carbocycles. The fraction of sp³-hybridized carbons (Fsp3) is 0.500. The van der Waals surface area contributed by atoms with E-state index in [1.807, 2.05) is 12.1 Å². The topological polar surface area (TPSA) is 29.1 Å². The first-order chi connectivity index (χ1) is 7.68. The maximum atomic E-state index is 11.2. The Morgan fingerprint density at radius 2 is 2.06 bits per heavy atom. The van der Waals surface area contributed by atoms with Crippen LogP contribution in [0.4, 0.5) is 0 Å². The number of carbonyl (C=O) groups is 1. The Morgan fingerprint density at radius 3 is 2.56 bits per heavy atom. The molecule has 1 fully saturated rings. The zero-order valence-electron chi connectivity index (χ0n) is 9.99. The van der Waals surface area contributed by atoms with Crippen LogP contribution in [0.1, 0.15) is 42.1 Å². The molecule has 0 aliphatic carbocycles. The largest absolute Gasteiger partial charge is 0.316 e. The molecular weight excluding hydrogens is 198 g/mol. The van der Waals surface area contributed by atoms with Gasteiger partial charge in [0.2, 0.25) is 0 Å². The molecule has 1 heterocycles. The third-order valence-corrected chi connectivity index (χ3v) is 3.65. The van der Waals surface area contributed by atoms with Crippen molar-refractivity contribution in [2.24, 2.45) is 5.92 Å². The zero-order chi connectivity index (χ0) is 11.5. The van der Waals surface area contributed by atoms with Gasteiger partial charge in [0.15, 0.2) is 5.78 Å². The molecule has 1 aromatic rings. The molecule has 2 nitrogen and oxygen atoms in total. The van der Waals surface area contributed by atoms with Gasteiger partial charge in [-0.1, -0.05) is 31.2 Å². The molecule has 2 atom stereocenters. The Kier molecular flexibility index (Phi) is 3.39. The lowest BCUT2D eigenvalue weighted by Gasteiger charge is -2.18. The van der Waals surface area contributed by atoms with Crippen molar-refractivity contribution in [2.45, 2.75) is 26.2 Å². The van der Waals surface area contributed by atoms with Gasteiger partial charge < -0.3 is 5.32 Å². The van der Waals surface area contributed by atoms with Gasteiger partial charge in [-0.2, -0.15) is 0 Å². The van der Waals surface area contributed by atoms with Crippen LogP contribution in [0.15, 0.2) is 24.3 Å². The minimum absolute atomic E-state index is 0.140. The van der Waals surface area contributed by atoms with E-state index < -0.39 is 0 Å². The zero-order valence-corrected chi connectivity index (χ0v) is 9.99. The van der Waals surface area contributed by atoms with Gasteiger partial charge in [0.05, 0.1) is 0 Å². The first-order valence-electron chi connectivity index (χ1n) is 6.00. The highest BCUT2D eigenvalue weighted by atomic mass is 16.1. The van der Waals surface area contributed by atoms with E-state index in [2.05, 4.69) is 24.4 Å². The van der Waals surface area contributed by atoms with Gasteiger partial charge in [-0.05, 0) is 43.8 Å². The maximum absolute atomic E-state index is 11.2. The predicted octanol–water partition coefficient (Wildman–Crippen LogP) is 2.60. The molecule has 0 radical (unpaired) electrons. The molecule has 2 unspecified atom stereocenters. The Hall–Kier alpha value is -1.15. The summed E-state index contributed by atoms with van der Waals surface area (Å²) in [4.78, 5) is 11.2. The summed E-state index contributed by atoms with van der Waals surface area (Å²) in [6.07, 6.45) is 1.26. The van der Waals surface area contributed by atoms with Gasteiger partial charge in [-0.3, -0.25) is 4.79 Å². The van der Waals surface area contributed by atoms with Gasteiger partial charge in [0.1, 0.15) is 0 Å². The number of hydrogen-bond donors (Lipinski definition) is 1. The fourth-order valence-electron chi connectivity index (χ4n) is 2.40. The van der Waals surface area contributed by atoms with Crippen LogP contribution < -0.4 is 5.32 Å². The van der Waals surface area contributed by atoms with E-state index in [0.29, 0.717) is 5.92 Å². The molecule has 1 saturated heterocycles. The smallest absolute Gasteiger partial charge is 0.159 e. The van der Waals surface area contributed by atoms with E-state index in [0.717, 1.165) is 24.6 Å². The fourth-order valence-corrected chi connectivity index (χ4v) is 2.40. The summed E-state index contributed by atoms with van der Waals surface area (Å²) < 4.78 is 0. The quantitative estimate of drug-likeness (QED) is 0.788. The van der Waals surface area contributed by atoms with Crippen molar-refractivity contribution in [3.63, 3.8) is 0 Å². The maximum Gasteiger partial charge on any atom is 0.159 e. The molecule has 2 rings (SSSR count). The monoisotopic (exact) mass is 217 g/mol. The van der Waals surface area contributed by atoms with Crippen molar-refractivity contribution in [2.75, 3.05) is 13.1 Å². The highest BCUT2D eigenvalue weighted by Crippen LogP contribution is 2.28. The van der Waals surface area contributed by atoms with Crippen LogP contribution in [0.3, 0.4) is 0 Å². The third kappa shape index (κ3) is 2.33. The Labute approximate surface area is 97.1 Å². The highest BCUT2D eigenvalue weighted by Gasteiger charge is 2.22. The second-order valence-electron chi connectivity index (χ2n) is 4.72. The summed E-state index contributed by atoms with van der Waals surface area (Å²) in [5.41, 5.74) is 2.15. The van der Waals surface area contributed by atoms with Crippen LogP contribution in [-0.2, 0) is 0 Å². The number of hydrogen-bond acceptors (Lipinski definition) is 2. The summed E-state index contributed by atoms with van der Waals surface area (Å²) in [6.45, 7) is 6.15. The van der Waals surface area contributed by atoms with Crippen LogP contribution in [-0.4, -0.2) is 18.9 Å². The molecular formula is C14H19NO. The van der Waals surface area contributed by atoms with Gasteiger partial charge in [0, 0.05) is 5.56 Å². The van der Waals surface area contributed by atoms with Crippen LogP contribution in [0.2, 0.25) is 0 Å². The van der Waals surface area contributed by atoms with Crippen LogP contribution in [0.25, 0.3) is 0 Å². The van der Waals surface area contributed by atoms with E-state index in [1.165, 1.54) is 12.0 Å². The number of rotatable bonds is 3. The molecule has 1 aliphatic rings. The Bertz CT molecular complexity index is 363. The number of Topliss-reactive ketones (excluding diaryl/α,β-unsaturated/α-hetero) is 1. The first kappa shape index (κ1) is 11.3. The van der Waals surface area contributed by atoms with Crippen molar-refractivity contribution in [3.05, 3.63) is 35.4 Å².